The van der Waals surface area contributed by atoms with Crippen molar-refractivity contribution in [1.29, 1.82) is 0 Å². The average molecular weight is 292 g/mol. The molecule has 20 heavy (non-hydrogen) atoms. The molecule has 0 spiro atoms. The van der Waals surface area contributed by atoms with E-state index in [0.29, 0.717) is 10.6 Å². The molecule has 0 radical (unpaired) electrons. The van der Waals surface area contributed by atoms with Gasteiger partial charge in [-0.1, -0.05) is 42.3 Å². The van der Waals surface area contributed by atoms with Crippen LogP contribution in [0.3, 0.4) is 0 Å². The van der Waals surface area contributed by atoms with Gasteiger partial charge in [0.15, 0.2) is 0 Å². The lowest BCUT2D eigenvalue weighted by Gasteiger charge is -2.10. The van der Waals surface area contributed by atoms with E-state index >= 15 is 0 Å². The topological polar surface area (TPSA) is 12.0 Å². The summed E-state index contributed by atoms with van der Waals surface area (Å²) >= 11 is 6.31. The Morgan fingerprint density at radius 2 is 1.90 bits per heavy atom. The average Bonchev–Trinajstić information content (AvgIpc) is 2.42. The van der Waals surface area contributed by atoms with Crippen molar-refractivity contribution in [2.45, 2.75) is 26.8 Å². The lowest BCUT2D eigenvalue weighted by atomic mass is 10.0. The van der Waals surface area contributed by atoms with E-state index in [9.17, 15) is 4.39 Å². The van der Waals surface area contributed by atoms with Crippen molar-refractivity contribution >= 4 is 11.6 Å². The minimum absolute atomic E-state index is 0.241. The van der Waals surface area contributed by atoms with E-state index < -0.39 is 0 Å². The molecule has 2 aromatic rings. The summed E-state index contributed by atoms with van der Waals surface area (Å²) in [5.74, 6) is -0.241. The van der Waals surface area contributed by atoms with E-state index in [-0.39, 0.29) is 5.82 Å². The summed E-state index contributed by atoms with van der Waals surface area (Å²) in [6.45, 7) is 5.83. The van der Waals surface area contributed by atoms with Crippen molar-refractivity contribution in [3.63, 3.8) is 0 Å². The fraction of sp³-hybridized carbons (Fsp3) is 0.294. The highest BCUT2D eigenvalue weighted by Crippen LogP contribution is 2.31. The summed E-state index contributed by atoms with van der Waals surface area (Å²) in [7, 11) is 0. The molecule has 2 rings (SSSR count). The summed E-state index contributed by atoms with van der Waals surface area (Å²) in [6, 6.07) is 10.9. The largest absolute Gasteiger partial charge is 0.313 e. The quantitative estimate of drug-likeness (QED) is 0.768. The molecule has 0 saturated carbocycles. The molecule has 0 unspecified atom stereocenters. The second kappa shape index (κ2) is 6.87. The van der Waals surface area contributed by atoms with Crippen LogP contribution in [0.5, 0.6) is 0 Å². The third-order valence-corrected chi connectivity index (χ3v) is 3.51. The van der Waals surface area contributed by atoms with Crippen LogP contribution in [-0.2, 0) is 6.54 Å². The van der Waals surface area contributed by atoms with E-state index in [1.807, 2.05) is 31.2 Å². The Morgan fingerprint density at radius 1 is 1.10 bits per heavy atom. The molecule has 0 aromatic heterocycles. The summed E-state index contributed by atoms with van der Waals surface area (Å²) in [4.78, 5) is 0. The van der Waals surface area contributed by atoms with E-state index in [1.54, 1.807) is 6.07 Å². The Balaban J connectivity index is 2.27. The Labute approximate surface area is 124 Å². The van der Waals surface area contributed by atoms with Gasteiger partial charge in [0.1, 0.15) is 5.82 Å². The van der Waals surface area contributed by atoms with Crippen LogP contribution >= 0.6 is 11.6 Å². The highest BCUT2D eigenvalue weighted by molar-refractivity contribution is 6.33. The minimum Gasteiger partial charge on any atom is -0.313 e. The monoisotopic (exact) mass is 291 g/mol. The molecule has 0 saturated heterocycles. The lowest BCUT2D eigenvalue weighted by Crippen LogP contribution is -2.13. The van der Waals surface area contributed by atoms with Crippen LogP contribution in [0.1, 0.15) is 24.5 Å². The SMILES string of the molecule is CCCNCc1ccc(-c2cc(C)ccc2F)c(Cl)c1. The number of hydrogen-bond donors (Lipinski definition) is 1. The van der Waals surface area contributed by atoms with Crippen LogP contribution in [0, 0.1) is 12.7 Å². The highest BCUT2D eigenvalue weighted by Gasteiger charge is 2.09. The van der Waals surface area contributed by atoms with Crippen LogP contribution in [0.4, 0.5) is 4.39 Å². The molecule has 0 atom stereocenters. The van der Waals surface area contributed by atoms with Gasteiger partial charge in [0.05, 0.1) is 0 Å². The van der Waals surface area contributed by atoms with Gasteiger partial charge in [0.25, 0.3) is 0 Å². The van der Waals surface area contributed by atoms with Crippen LogP contribution < -0.4 is 5.32 Å². The van der Waals surface area contributed by atoms with Crippen molar-refractivity contribution in [3.8, 4) is 11.1 Å². The van der Waals surface area contributed by atoms with Gasteiger partial charge in [-0.25, -0.2) is 4.39 Å². The van der Waals surface area contributed by atoms with Gasteiger partial charge in [-0.3, -0.25) is 0 Å². The van der Waals surface area contributed by atoms with Gasteiger partial charge in [-0.2, -0.15) is 0 Å². The van der Waals surface area contributed by atoms with Gasteiger partial charge in [-0.15, -0.1) is 0 Å². The highest BCUT2D eigenvalue weighted by atomic mass is 35.5. The molecule has 0 fully saturated rings. The van der Waals surface area contributed by atoms with Crippen LogP contribution in [0.2, 0.25) is 5.02 Å². The van der Waals surface area contributed by atoms with Crippen molar-refractivity contribution in [2.75, 3.05) is 6.54 Å². The second-order valence-corrected chi connectivity index (χ2v) is 5.38. The van der Waals surface area contributed by atoms with Crippen molar-refractivity contribution in [2.24, 2.45) is 0 Å². The van der Waals surface area contributed by atoms with Crippen molar-refractivity contribution < 1.29 is 4.39 Å². The molecule has 0 aliphatic rings. The standard InChI is InChI=1S/C17H19ClFN/c1-3-8-20-11-13-5-6-14(16(18)10-13)15-9-12(2)4-7-17(15)19/h4-7,9-10,20H,3,8,11H2,1-2H3. The molecule has 2 aromatic carbocycles. The van der Waals surface area contributed by atoms with E-state index in [4.69, 9.17) is 11.6 Å². The number of hydrogen-bond acceptors (Lipinski definition) is 1. The first-order valence-electron chi connectivity index (χ1n) is 6.87. The van der Waals surface area contributed by atoms with Crippen molar-refractivity contribution in [3.05, 3.63) is 58.4 Å². The fourth-order valence-corrected chi connectivity index (χ4v) is 2.45. The molecule has 0 bridgehead atoms. The Bertz CT molecular complexity index is 596. The third kappa shape index (κ3) is 3.59. The lowest BCUT2D eigenvalue weighted by molar-refractivity contribution is 0.631. The molecule has 1 N–H and O–H groups in total. The van der Waals surface area contributed by atoms with Gasteiger partial charge in [-0.05, 0) is 43.7 Å². The first-order chi connectivity index (χ1) is 9.61. The van der Waals surface area contributed by atoms with Crippen LogP contribution in [0.15, 0.2) is 36.4 Å². The van der Waals surface area contributed by atoms with Gasteiger partial charge >= 0.3 is 0 Å². The molecular weight excluding hydrogens is 273 g/mol. The first kappa shape index (κ1) is 15.0. The maximum Gasteiger partial charge on any atom is 0.131 e. The number of aryl methyl sites for hydroxylation is 1. The number of benzene rings is 2. The first-order valence-corrected chi connectivity index (χ1v) is 7.25. The zero-order valence-electron chi connectivity index (χ0n) is 11.8. The summed E-state index contributed by atoms with van der Waals surface area (Å²) < 4.78 is 13.9. The van der Waals surface area contributed by atoms with Gasteiger partial charge < -0.3 is 5.32 Å². The van der Waals surface area contributed by atoms with Gasteiger partial charge in [0.2, 0.25) is 0 Å². The van der Waals surface area contributed by atoms with Gasteiger partial charge in [0, 0.05) is 22.7 Å². The summed E-state index contributed by atoms with van der Waals surface area (Å²) in [6.07, 6.45) is 1.10. The zero-order valence-corrected chi connectivity index (χ0v) is 12.6. The molecule has 0 aliphatic carbocycles. The van der Waals surface area contributed by atoms with Crippen molar-refractivity contribution in [1.82, 2.24) is 5.32 Å². The smallest absolute Gasteiger partial charge is 0.131 e. The maximum atomic E-state index is 13.9. The Hall–Kier alpha value is -1.38. The molecule has 0 aliphatic heterocycles. The number of nitrogens with one attached hydrogen (secondary N) is 1. The second-order valence-electron chi connectivity index (χ2n) is 4.97. The molecule has 0 heterocycles. The molecule has 106 valence electrons. The zero-order chi connectivity index (χ0) is 14.5. The Morgan fingerprint density at radius 3 is 2.60 bits per heavy atom. The number of halogens is 2. The number of rotatable bonds is 5. The van der Waals surface area contributed by atoms with E-state index in [1.165, 1.54) is 6.07 Å². The van der Waals surface area contributed by atoms with Crippen LogP contribution in [0.25, 0.3) is 11.1 Å². The predicted molar refractivity (Wildman–Crippen MR) is 83.6 cm³/mol. The maximum absolute atomic E-state index is 13.9. The van der Waals surface area contributed by atoms with E-state index in [0.717, 1.165) is 36.2 Å². The fourth-order valence-electron chi connectivity index (χ4n) is 2.14. The minimum atomic E-state index is -0.241. The molecular formula is C17H19ClFN. The molecule has 1 nitrogen and oxygen atoms in total. The summed E-state index contributed by atoms with van der Waals surface area (Å²) in [5, 5.41) is 3.91. The Kier molecular flexibility index (Phi) is 5.16. The molecule has 3 heteroatoms. The van der Waals surface area contributed by atoms with Crippen LogP contribution in [-0.4, -0.2) is 6.54 Å². The summed E-state index contributed by atoms with van der Waals surface area (Å²) in [5.41, 5.74) is 3.43. The predicted octanol–water partition coefficient (Wildman–Crippen LogP) is 4.95. The molecule has 0 amide bonds. The third-order valence-electron chi connectivity index (χ3n) is 3.20. The normalized spacial score (nSPS) is 10.8. The van der Waals surface area contributed by atoms with E-state index in [2.05, 4.69) is 12.2 Å².